The number of halogens is 1. The molecule has 1 aliphatic rings. The van der Waals surface area contributed by atoms with Crippen LogP contribution in [0.3, 0.4) is 0 Å². The van der Waals surface area contributed by atoms with Crippen molar-refractivity contribution in [2.24, 2.45) is 0 Å². The Kier molecular flexibility index (Phi) is 3.77. The molecule has 0 bridgehead atoms. The van der Waals surface area contributed by atoms with Crippen LogP contribution in [-0.4, -0.2) is 21.7 Å². The van der Waals surface area contributed by atoms with E-state index in [9.17, 15) is 4.79 Å². The molecule has 4 rings (SSSR count). The fourth-order valence-corrected chi connectivity index (χ4v) is 3.05. The zero-order chi connectivity index (χ0) is 16.7. The predicted octanol–water partition coefficient (Wildman–Crippen LogP) is 4.20. The van der Waals surface area contributed by atoms with Gasteiger partial charge in [-0.2, -0.15) is 5.10 Å². The molecule has 0 spiro atoms. The Labute approximate surface area is 145 Å². The van der Waals surface area contributed by atoms with E-state index in [4.69, 9.17) is 16.7 Å². The summed E-state index contributed by atoms with van der Waals surface area (Å²) in [5.74, 6) is 0.0106. The number of carbonyl (C=O) groups excluding carboxylic acids is 1. The van der Waals surface area contributed by atoms with Gasteiger partial charge in [-0.25, -0.2) is 0 Å². The molecule has 1 heterocycles. The van der Waals surface area contributed by atoms with Crippen LogP contribution in [0.25, 0.3) is 22.2 Å². The Bertz CT molecular complexity index is 900. The van der Waals surface area contributed by atoms with E-state index in [1.165, 1.54) is 0 Å². The number of carbonyl (C=O) groups is 1. The molecule has 1 amide bonds. The molecule has 0 unspecified atom stereocenters. The first-order valence-corrected chi connectivity index (χ1v) is 8.55. The van der Waals surface area contributed by atoms with Gasteiger partial charge in [-0.05, 0) is 38.0 Å². The van der Waals surface area contributed by atoms with Crippen molar-refractivity contribution < 1.29 is 4.79 Å². The Hall–Kier alpha value is -2.33. The minimum absolute atomic E-state index is 0.0106. The number of aromatic nitrogens is 2. The molecule has 5 heteroatoms. The van der Waals surface area contributed by atoms with Crippen LogP contribution in [0.1, 0.15) is 25.8 Å². The van der Waals surface area contributed by atoms with Gasteiger partial charge < -0.3 is 5.32 Å². The van der Waals surface area contributed by atoms with Crippen molar-refractivity contribution in [1.29, 1.82) is 0 Å². The fraction of sp³-hybridized carbons (Fsp3) is 0.263. The average molecular weight is 340 g/mol. The number of benzene rings is 2. The van der Waals surface area contributed by atoms with Crippen molar-refractivity contribution in [2.45, 2.75) is 31.8 Å². The normalized spacial score (nSPS) is 15.4. The van der Waals surface area contributed by atoms with Gasteiger partial charge in [0.2, 0.25) is 5.91 Å². The molecule has 24 heavy (non-hydrogen) atoms. The van der Waals surface area contributed by atoms with E-state index in [2.05, 4.69) is 5.32 Å². The molecule has 1 atom stereocenters. The predicted molar refractivity (Wildman–Crippen MR) is 96.1 cm³/mol. The zero-order valence-electron chi connectivity index (χ0n) is 13.4. The van der Waals surface area contributed by atoms with Crippen LogP contribution in [0.4, 0.5) is 0 Å². The fourth-order valence-electron chi connectivity index (χ4n) is 2.88. The summed E-state index contributed by atoms with van der Waals surface area (Å²) in [6, 6.07) is 15.6. The summed E-state index contributed by atoms with van der Waals surface area (Å²) in [4.78, 5) is 12.5. The van der Waals surface area contributed by atoms with Gasteiger partial charge in [-0.1, -0.05) is 41.9 Å². The second-order valence-corrected chi connectivity index (χ2v) is 6.72. The summed E-state index contributed by atoms with van der Waals surface area (Å²) in [6.07, 6.45) is 2.15. The molecular formula is C19H18ClN3O. The highest BCUT2D eigenvalue weighted by Gasteiger charge is 2.27. The third kappa shape index (κ3) is 2.78. The van der Waals surface area contributed by atoms with E-state index in [0.717, 1.165) is 35.0 Å². The summed E-state index contributed by atoms with van der Waals surface area (Å²) in [5.41, 5.74) is 2.77. The number of rotatable bonds is 4. The number of hydrogen-bond acceptors (Lipinski definition) is 2. The molecule has 2 aromatic carbocycles. The molecule has 0 aliphatic heterocycles. The summed E-state index contributed by atoms with van der Waals surface area (Å²) < 4.78 is 1.80. The van der Waals surface area contributed by atoms with Crippen molar-refractivity contribution in [3.8, 4) is 11.3 Å². The minimum Gasteiger partial charge on any atom is -0.352 e. The monoisotopic (exact) mass is 339 g/mol. The van der Waals surface area contributed by atoms with Gasteiger partial charge >= 0.3 is 0 Å². The first kappa shape index (κ1) is 15.2. The lowest BCUT2D eigenvalue weighted by Crippen LogP contribution is -2.32. The maximum absolute atomic E-state index is 12.5. The van der Waals surface area contributed by atoms with E-state index in [0.29, 0.717) is 11.1 Å². The standard InChI is InChI=1S/C19H18ClN3O/c1-12(19(24)21-15-8-9-15)23-17-10-7-14(20)11-16(17)18(22-23)13-5-3-2-4-6-13/h2-7,10-12,15H,8-9H2,1H3,(H,21,24)/t12-/m1/s1. The van der Waals surface area contributed by atoms with Gasteiger partial charge in [0.05, 0.1) is 5.52 Å². The Balaban J connectivity index is 1.82. The van der Waals surface area contributed by atoms with Gasteiger partial charge in [-0.15, -0.1) is 0 Å². The SMILES string of the molecule is C[C@H](C(=O)NC1CC1)n1nc(-c2ccccc2)c2cc(Cl)ccc21. The first-order chi connectivity index (χ1) is 11.6. The van der Waals surface area contributed by atoms with Gasteiger partial charge in [0, 0.05) is 22.0 Å². The van der Waals surface area contributed by atoms with Crippen LogP contribution in [0.2, 0.25) is 5.02 Å². The second kappa shape index (κ2) is 5.95. The van der Waals surface area contributed by atoms with Crippen LogP contribution in [0.15, 0.2) is 48.5 Å². The Morgan fingerprint density at radius 3 is 2.71 bits per heavy atom. The van der Waals surface area contributed by atoms with E-state index >= 15 is 0 Å². The highest BCUT2D eigenvalue weighted by molar-refractivity contribution is 6.31. The lowest BCUT2D eigenvalue weighted by molar-refractivity contribution is -0.124. The molecule has 0 saturated heterocycles. The molecule has 0 radical (unpaired) electrons. The van der Waals surface area contributed by atoms with Gasteiger partial charge in [0.1, 0.15) is 11.7 Å². The highest BCUT2D eigenvalue weighted by Crippen LogP contribution is 2.32. The molecule has 1 aromatic heterocycles. The van der Waals surface area contributed by atoms with E-state index in [-0.39, 0.29) is 11.9 Å². The maximum atomic E-state index is 12.5. The molecule has 1 saturated carbocycles. The third-order valence-electron chi connectivity index (χ3n) is 4.39. The van der Waals surface area contributed by atoms with Crippen LogP contribution in [0, 0.1) is 0 Å². The van der Waals surface area contributed by atoms with Gasteiger partial charge in [0.25, 0.3) is 0 Å². The van der Waals surface area contributed by atoms with Crippen LogP contribution in [-0.2, 0) is 4.79 Å². The largest absolute Gasteiger partial charge is 0.352 e. The van der Waals surface area contributed by atoms with Crippen molar-refractivity contribution in [3.05, 3.63) is 53.6 Å². The molecule has 122 valence electrons. The average Bonchev–Trinajstić information content (AvgIpc) is 3.33. The molecular weight excluding hydrogens is 322 g/mol. The smallest absolute Gasteiger partial charge is 0.244 e. The molecule has 1 fully saturated rings. The van der Waals surface area contributed by atoms with Crippen LogP contribution in [0.5, 0.6) is 0 Å². The molecule has 1 N–H and O–H groups in total. The molecule has 1 aliphatic carbocycles. The van der Waals surface area contributed by atoms with Gasteiger partial charge in [0.15, 0.2) is 0 Å². The topological polar surface area (TPSA) is 46.9 Å². The number of nitrogens with one attached hydrogen (secondary N) is 1. The van der Waals surface area contributed by atoms with Crippen LogP contribution < -0.4 is 5.32 Å². The summed E-state index contributed by atoms with van der Waals surface area (Å²) >= 11 is 6.19. The van der Waals surface area contributed by atoms with E-state index in [1.54, 1.807) is 4.68 Å². The van der Waals surface area contributed by atoms with E-state index < -0.39 is 0 Å². The number of amides is 1. The number of hydrogen-bond donors (Lipinski definition) is 1. The lowest BCUT2D eigenvalue weighted by atomic mass is 10.1. The molecule has 3 aromatic rings. The van der Waals surface area contributed by atoms with Crippen molar-refractivity contribution in [1.82, 2.24) is 15.1 Å². The maximum Gasteiger partial charge on any atom is 0.244 e. The lowest BCUT2D eigenvalue weighted by Gasteiger charge is -2.13. The Morgan fingerprint density at radius 2 is 2.00 bits per heavy atom. The number of fused-ring (bicyclic) bond motifs is 1. The van der Waals surface area contributed by atoms with Crippen LogP contribution >= 0.6 is 11.6 Å². The van der Waals surface area contributed by atoms with Gasteiger partial charge in [-0.3, -0.25) is 9.48 Å². The summed E-state index contributed by atoms with van der Waals surface area (Å²) in [7, 11) is 0. The first-order valence-electron chi connectivity index (χ1n) is 8.17. The zero-order valence-corrected chi connectivity index (χ0v) is 14.1. The summed E-state index contributed by atoms with van der Waals surface area (Å²) in [6.45, 7) is 1.88. The quantitative estimate of drug-likeness (QED) is 0.774. The second-order valence-electron chi connectivity index (χ2n) is 6.28. The van der Waals surface area contributed by atoms with Crippen molar-refractivity contribution >= 4 is 28.4 Å². The van der Waals surface area contributed by atoms with Crippen molar-refractivity contribution in [2.75, 3.05) is 0 Å². The Morgan fingerprint density at radius 1 is 1.25 bits per heavy atom. The third-order valence-corrected chi connectivity index (χ3v) is 4.62. The molecule has 4 nitrogen and oxygen atoms in total. The highest BCUT2D eigenvalue weighted by atomic mass is 35.5. The summed E-state index contributed by atoms with van der Waals surface area (Å²) in [5, 5.41) is 9.42. The number of nitrogens with zero attached hydrogens (tertiary/aromatic N) is 2. The van der Waals surface area contributed by atoms with Crippen molar-refractivity contribution in [3.63, 3.8) is 0 Å². The van der Waals surface area contributed by atoms with E-state index in [1.807, 2.05) is 55.5 Å². The minimum atomic E-state index is -0.369.